The molecule has 3 aromatic carbocycles. The molecule has 3 aromatic rings. The van der Waals surface area contributed by atoms with Crippen molar-refractivity contribution in [3.05, 3.63) is 92.5 Å². The zero-order chi connectivity index (χ0) is 26.1. The van der Waals surface area contributed by atoms with E-state index in [-0.39, 0.29) is 12.4 Å². The van der Waals surface area contributed by atoms with Crippen LogP contribution in [-0.4, -0.2) is 29.8 Å². The average Bonchev–Trinajstić information content (AvgIpc) is 2.85. The van der Waals surface area contributed by atoms with E-state index in [0.717, 1.165) is 8.04 Å². The first-order valence-electron chi connectivity index (χ1n) is 10.9. The molecule has 0 aromatic heterocycles. The number of phenols is 1. The van der Waals surface area contributed by atoms with E-state index in [9.17, 15) is 14.7 Å². The van der Waals surface area contributed by atoms with Gasteiger partial charge in [0.25, 0.3) is 0 Å². The normalized spacial score (nSPS) is 12.6. The van der Waals surface area contributed by atoms with Gasteiger partial charge < -0.3 is 25.6 Å². The fourth-order valence-corrected chi connectivity index (χ4v) is 4.04. The lowest BCUT2D eigenvalue weighted by Gasteiger charge is -2.26. The number of phenolic OH excluding ortho intramolecular Hbond substituents is 1. The van der Waals surface area contributed by atoms with Crippen LogP contribution in [0.2, 0.25) is 0 Å². The number of rotatable bonds is 9. The van der Waals surface area contributed by atoms with Crippen molar-refractivity contribution in [2.45, 2.75) is 19.1 Å². The Morgan fingerprint density at radius 1 is 1.11 bits per heavy atom. The number of nitrogens with two attached hydrogens (primary N) is 1. The predicted molar refractivity (Wildman–Crippen MR) is 152 cm³/mol. The smallest absolute Gasteiger partial charge is 0.412 e. The van der Waals surface area contributed by atoms with E-state index in [0.29, 0.717) is 22.6 Å². The molecular weight excluding hydrogens is 641 g/mol. The number of amides is 2. The Kier molecular flexibility index (Phi) is 10.1. The monoisotopic (exact) mass is 665 g/mol. The Labute approximate surface area is 231 Å². The Bertz CT molecular complexity index is 1240. The first-order chi connectivity index (χ1) is 17.3. The van der Waals surface area contributed by atoms with Gasteiger partial charge in [-0.25, -0.2) is 4.79 Å². The summed E-state index contributed by atoms with van der Waals surface area (Å²) in [6.45, 7) is 2.04. The van der Waals surface area contributed by atoms with Crippen molar-refractivity contribution in [1.82, 2.24) is 0 Å². The van der Waals surface area contributed by atoms with Crippen LogP contribution >= 0.6 is 38.5 Å². The molecule has 5 N–H and O–H groups in total. The molecule has 3 rings (SSSR count). The van der Waals surface area contributed by atoms with Gasteiger partial charge in [-0.2, -0.15) is 0 Å². The first-order valence-corrected chi connectivity index (χ1v) is 12.8. The second-order valence-corrected chi connectivity index (χ2v) is 9.68. The Morgan fingerprint density at radius 3 is 2.53 bits per heavy atom. The minimum Gasteiger partial charge on any atom is -0.508 e. The number of anilines is 3. The third-order valence-electron chi connectivity index (χ3n) is 4.93. The van der Waals surface area contributed by atoms with Crippen LogP contribution in [0, 0.1) is 3.57 Å². The van der Waals surface area contributed by atoms with Crippen molar-refractivity contribution >= 4 is 67.6 Å². The van der Waals surface area contributed by atoms with Crippen LogP contribution in [0.25, 0.3) is 0 Å². The number of nitrogens with one attached hydrogen (secondary N) is 2. The lowest BCUT2D eigenvalue weighted by molar-refractivity contribution is -0.112. The van der Waals surface area contributed by atoms with Gasteiger partial charge in [0.2, 0.25) is 5.91 Å². The van der Waals surface area contributed by atoms with Crippen molar-refractivity contribution < 1.29 is 24.2 Å². The van der Waals surface area contributed by atoms with Crippen LogP contribution in [0.1, 0.15) is 18.6 Å². The van der Waals surface area contributed by atoms with E-state index in [1.165, 1.54) is 18.2 Å². The maximum atomic E-state index is 12.8. The van der Waals surface area contributed by atoms with Gasteiger partial charge in [-0.3, -0.25) is 10.1 Å². The number of carbonyl (C=O) groups excluding carboxylic acids is 2. The van der Waals surface area contributed by atoms with E-state index < -0.39 is 24.2 Å². The van der Waals surface area contributed by atoms with Gasteiger partial charge in [-0.05, 0) is 90.2 Å². The molecule has 0 aliphatic heterocycles. The number of aromatic hydroxyl groups is 1. The number of halogens is 2. The van der Waals surface area contributed by atoms with Gasteiger partial charge in [-0.15, -0.1) is 0 Å². The number of nitrogen functional groups attached to an aromatic ring is 1. The highest BCUT2D eigenvalue weighted by molar-refractivity contribution is 14.1. The van der Waals surface area contributed by atoms with Crippen molar-refractivity contribution in [3.8, 4) is 5.75 Å². The van der Waals surface area contributed by atoms with E-state index >= 15 is 0 Å². The second-order valence-electron chi connectivity index (χ2n) is 7.52. The molecule has 0 aliphatic carbocycles. The molecule has 188 valence electrons. The van der Waals surface area contributed by atoms with Gasteiger partial charge >= 0.3 is 6.09 Å². The summed E-state index contributed by atoms with van der Waals surface area (Å²) in [5.41, 5.74) is 7.65. The maximum absolute atomic E-state index is 12.8. The molecule has 36 heavy (non-hydrogen) atoms. The highest BCUT2D eigenvalue weighted by Gasteiger charge is 2.29. The van der Waals surface area contributed by atoms with E-state index in [2.05, 4.69) is 49.2 Å². The van der Waals surface area contributed by atoms with E-state index in [1.54, 1.807) is 67.6 Å². The summed E-state index contributed by atoms with van der Waals surface area (Å²) in [7, 11) is 0. The van der Waals surface area contributed by atoms with E-state index in [1.807, 2.05) is 0 Å². The average molecular weight is 666 g/mol. The molecule has 2 atom stereocenters. The van der Waals surface area contributed by atoms with Crippen LogP contribution < -0.4 is 16.4 Å². The molecule has 0 saturated carbocycles. The van der Waals surface area contributed by atoms with Crippen LogP contribution in [0.4, 0.5) is 21.9 Å². The summed E-state index contributed by atoms with van der Waals surface area (Å²) >= 11 is 5.45. The van der Waals surface area contributed by atoms with Gasteiger partial charge in [0.15, 0.2) is 6.10 Å². The lowest BCUT2D eigenvalue weighted by Crippen LogP contribution is -2.28. The molecule has 0 aliphatic rings. The SMILES string of the molecule is CCO[C@@H](/C=C/C(=O)Nc1ccccc1N)[C@@H](OC(=O)Nc1ccc(Br)cc1)c1cc(I)ccc1O. The highest BCUT2D eigenvalue weighted by atomic mass is 127. The lowest BCUT2D eigenvalue weighted by atomic mass is 10.0. The van der Waals surface area contributed by atoms with Crippen LogP contribution in [0.5, 0.6) is 5.75 Å². The fraction of sp³-hybridized carbons (Fsp3) is 0.154. The second kappa shape index (κ2) is 13.3. The van der Waals surface area contributed by atoms with Gasteiger partial charge in [0.1, 0.15) is 11.9 Å². The molecular formula is C26H25BrIN3O5. The summed E-state index contributed by atoms with van der Waals surface area (Å²) in [4.78, 5) is 25.4. The number of hydrogen-bond donors (Lipinski definition) is 4. The quantitative estimate of drug-likeness (QED) is 0.122. The first kappa shape index (κ1) is 27.5. The third-order valence-corrected chi connectivity index (χ3v) is 6.13. The number of benzene rings is 3. The zero-order valence-electron chi connectivity index (χ0n) is 19.3. The summed E-state index contributed by atoms with van der Waals surface area (Å²) < 4.78 is 13.2. The molecule has 0 radical (unpaired) electrons. The zero-order valence-corrected chi connectivity index (χ0v) is 23.0. The van der Waals surface area contributed by atoms with Gasteiger partial charge in [0.05, 0.1) is 11.4 Å². The van der Waals surface area contributed by atoms with Crippen molar-refractivity contribution in [2.24, 2.45) is 0 Å². The summed E-state index contributed by atoms with van der Waals surface area (Å²) in [6.07, 6.45) is 0.0741. The Morgan fingerprint density at radius 2 is 1.83 bits per heavy atom. The topological polar surface area (TPSA) is 123 Å². The molecule has 0 saturated heterocycles. The minimum atomic E-state index is -1.05. The summed E-state index contributed by atoms with van der Waals surface area (Å²) in [5, 5.41) is 15.9. The highest BCUT2D eigenvalue weighted by Crippen LogP contribution is 2.33. The molecule has 0 spiro atoms. The van der Waals surface area contributed by atoms with Crippen LogP contribution in [0.3, 0.4) is 0 Å². The molecule has 0 bridgehead atoms. The Hall–Kier alpha value is -3.09. The largest absolute Gasteiger partial charge is 0.508 e. The van der Waals surface area contributed by atoms with E-state index in [4.69, 9.17) is 15.2 Å². The number of ether oxygens (including phenoxy) is 2. The minimum absolute atomic E-state index is 0.0727. The van der Waals surface area contributed by atoms with Crippen LogP contribution in [0.15, 0.2) is 83.4 Å². The molecule has 0 fully saturated rings. The van der Waals surface area contributed by atoms with Gasteiger partial charge in [-0.1, -0.05) is 28.1 Å². The predicted octanol–water partition coefficient (Wildman–Crippen LogP) is 6.23. The third kappa shape index (κ3) is 7.97. The van der Waals surface area contributed by atoms with Crippen LogP contribution in [-0.2, 0) is 14.3 Å². The molecule has 0 unspecified atom stereocenters. The molecule has 0 heterocycles. The van der Waals surface area contributed by atoms with Crippen molar-refractivity contribution in [3.63, 3.8) is 0 Å². The van der Waals surface area contributed by atoms with Crippen molar-refractivity contribution in [2.75, 3.05) is 23.0 Å². The number of para-hydroxylation sites is 2. The van der Waals surface area contributed by atoms with Crippen molar-refractivity contribution in [1.29, 1.82) is 0 Å². The number of hydrogen-bond acceptors (Lipinski definition) is 6. The molecule has 8 nitrogen and oxygen atoms in total. The van der Waals surface area contributed by atoms with Gasteiger partial charge in [0, 0.05) is 32.0 Å². The molecule has 10 heteroatoms. The molecule has 2 amide bonds. The Balaban J connectivity index is 1.86. The number of carbonyl (C=O) groups is 2. The summed E-state index contributed by atoms with van der Waals surface area (Å²) in [5.74, 6) is -0.515. The standard InChI is InChI=1S/C26H25BrIN3O5/c1-2-35-23(13-14-24(33)31-21-6-4-3-5-20(21)29)25(19-15-17(28)9-12-22(19)32)36-26(34)30-18-10-7-16(27)8-11-18/h3-15,23,25,32H,2,29H2,1H3,(H,30,34)(H,31,33)/b14-13+/t23-,25-/m0/s1. The maximum Gasteiger partial charge on any atom is 0.412 e. The fourth-order valence-electron chi connectivity index (χ4n) is 3.26. The summed E-state index contributed by atoms with van der Waals surface area (Å²) in [6, 6.07) is 18.8.